The second-order valence-electron chi connectivity index (χ2n) is 5.56. The van der Waals surface area contributed by atoms with E-state index in [1.807, 2.05) is 36.9 Å². The van der Waals surface area contributed by atoms with Crippen LogP contribution in [-0.4, -0.2) is 34.4 Å². The van der Waals surface area contributed by atoms with Gasteiger partial charge in [0.25, 0.3) is 0 Å². The first kappa shape index (κ1) is 15.0. The van der Waals surface area contributed by atoms with Gasteiger partial charge in [-0.25, -0.2) is 0 Å². The van der Waals surface area contributed by atoms with Crippen LogP contribution in [-0.2, 0) is 11.3 Å². The average Bonchev–Trinajstić information content (AvgIpc) is 2.94. The second kappa shape index (κ2) is 6.35. The van der Waals surface area contributed by atoms with Gasteiger partial charge in [0.15, 0.2) is 0 Å². The highest BCUT2D eigenvalue weighted by atomic mass is 16.2. The molecule has 0 spiro atoms. The largest absolute Gasteiger partial charge is 0.335 e. The molecule has 1 aromatic heterocycles. The molecular weight excluding hydrogens is 250 g/mol. The van der Waals surface area contributed by atoms with Crippen LogP contribution in [0.25, 0.3) is 0 Å². The van der Waals surface area contributed by atoms with Crippen LogP contribution in [0.1, 0.15) is 44.5 Å². The number of nitrogens with one attached hydrogen (secondary N) is 1. The van der Waals surface area contributed by atoms with Crippen molar-refractivity contribution >= 4 is 5.91 Å². The Balaban J connectivity index is 2.13. The van der Waals surface area contributed by atoms with Gasteiger partial charge in [0.05, 0.1) is 17.8 Å². The molecule has 2 rings (SSSR count). The van der Waals surface area contributed by atoms with Crippen LogP contribution < -0.4 is 5.32 Å². The van der Waals surface area contributed by atoms with Crippen LogP contribution in [0.2, 0.25) is 0 Å². The van der Waals surface area contributed by atoms with Gasteiger partial charge in [-0.2, -0.15) is 0 Å². The van der Waals surface area contributed by atoms with Gasteiger partial charge in [-0.1, -0.05) is 13.0 Å². The molecule has 0 bridgehead atoms. The lowest BCUT2D eigenvalue weighted by molar-refractivity contribution is -0.138. The first-order valence-corrected chi connectivity index (χ1v) is 7.58. The summed E-state index contributed by atoms with van der Waals surface area (Å²) in [4.78, 5) is 19.3. The lowest BCUT2D eigenvalue weighted by Crippen LogP contribution is -2.54. The van der Waals surface area contributed by atoms with Gasteiger partial charge in [-0.05, 0) is 51.8 Å². The summed E-state index contributed by atoms with van der Waals surface area (Å²) in [5, 5.41) is 3.42. The normalized spacial score (nSPS) is 21.9. The van der Waals surface area contributed by atoms with E-state index in [4.69, 9.17) is 0 Å². The summed E-state index contributed by atoms with van der Waals surface area (Å²) < 4.78 is 0. The third-order valence-electron chi connectivity index (χ3n) is 4.22. The Hall–Kier alpha value is -1.42. The molecule has 1 unspecified atom stereocenters. The molecule has 1 N–H and O–H groups in total. The molecule has 1 saturated heterocycles. The summed E-state index contributed by atoms with van der Waals surface area (Å²) in [6.45, 7) is 8.37. The minimum Gasteiger partial charge on any atom is -0.335 e. The number of carbonyl (C=O) groups excluding carboxylic acids is 1. The number of aromatic nitrogens is 1. The van der Waals surface area contributed by atoms with E-state index in [0.29, 0.717) is 6.54 Å². The predicted molar refractivity (Wildman–Crippen MR) is 80.3 cm³/mol. The monoisotopic (exact) mass is 275 g/mol. The Morgan fingerprint density at radius 2 is 2.25 bits per heavy atom. The minimum absolute atomic E-state index is 0.225. The molecule has 0 aromatic carbocycles. The van der Waals surface area contributed by atoms with Crippen molar-refractivity contribution in [2.24, 2.45) is 0 Å². The van der Waals surface area contributed by atoms with E-state index in [2.05, 4.69) is 17.2 Å². The highest BCUT2D eigenvalue weighted by molar-refractivity contribution is 5.86. The molecule has 110 valence electrons. The molecule has 2 heterocycles. The Kier molecular flexibility index (Phi) is 4.76. The van der Waals surface area contributed by atoms with Crippen molar-refractivity contribution < 1.29 is 4.79 Å². The maximum atomic E-state index is 12.9. The molecule has 1 aliphatic rings. The molecule has 1 fully saturated rings. The maximum absolute atomic E-state index is 12.9. The third kappa shape index (κ3) is 3.01. The van der Waals surface area contributed by atoms with E-state index in [1.54, 1.807) is 0 Å². The SMILES string of the molecule is CCN(Cc1cccc(C)n1)C(=O)C1(CC)CCCN1. The zero-order valence-corrected chi connectivity index (χ0v) is 12.8. The molecule has 20 heavy (non-hydrogen) atoms. The van der Waals surface area contributed by atoms with Crippen molar-refractivity contribution in [2.45, 2.75) is 52.1 Å². The van der Waals surface area contributed by atoms with Crippen LogP contribution in [0.5, 0.6) is 0 Å². The van der Waals surface area contributed by atoms with Crippen molar-refractivity contribution in [3.05, 3.63) is 29.6 Å². The molecule has 1 amide bonds. The van der Waals surface area contributed by atoms with Crippen molar-refractivity contribution in [1.29, 1.82) is 0 Å². The minimum atomic E-state index is -0.347. The van der Waals surface area contributed by atoms with E-state index in [-0.39, 0.29) is 11.4 Å². The number of hydrogen-bond donors (Lipinski definition) is 1. The van der Waals surface area contributed by atoms with Gasteiger partial charge >= 0.3 is 0 Å². The first-order valence-electron chi connectivity index (χ1n) is 7.58. The van der Waals surface area contributed by atoms with Gasteiger partial charge in [-0.15, -0.1) is 0 Å². The van der Waals surface area contributed by atoms with Crippen LogP contribution in [0.4, 0.5) is 0 Å². The number of likely N-dealkylation sites (N-methyl/N-ethyl adjacent to an activating group) is 1. The molecule has 1 aromatic rings. The highest BCUT2D eigenvalue weighted by Gasteiger charge is 2.41. The summed E-state index contributed by atoms with van der Waals surface area (Å²) >= 11 is 0. The quantitative estimate of drug-likeness (QED) is 0.896. The van der Waals surface area contributed by atoms with Crippen molar-refractivity contribution in [3.8, 4) is 0 Å². The average molecular weight is 275 g/mol. The Morgan fingerprint density at radius 3 is 2.80 bits per heavy atom. The van der Waals surface area contributed by atoms with Crippen LogP contribution >= 0.6 is 0 Å². The van der Waals surface area contributed by atoms with Crippen molar-refractivity contribution in [1.82, 2.24) is 15.2 Å². The smallest absolute Gasteiger partial charge is 0.243 e. The fourth-order valence-electron chi connectivity index (χ4n) is 2.95. The molecule has 4 heteroatoms. The second-order valence-corrected chi connectivity index (χ2v) is 5.56. The number of aryl methyl sites for hydroxylation is 1. The number of nitrogens with zero attached hydrogens (tertiary/aromatic N) is 2. The number of hydrogen-bond acceptors (Lipinski definition) is 3. The summed E-state index contributed by atoms with van der Waals surface area (Å²) in [5.74, 6) is 0.225. The van der Waals surface area contributed by atoms with E-state index in [1.165, 1.54) is 0 Å². The van der Waals surface area contributed by atoms with Gasteiger partial charge in [0, 0.05) is 12.2 Å². The summed E-state index contributed by atoms with van der Waals surface area (Å²) in [6.07, 6.45) is 2.88. The Bertz CT molecular complexity index is 467. The van der Waals surface area contributed by atoms with E-state index < -0.39 is 0 Å². The zero-order valence-electron chi connectivity index (χ0n) is 12.8. The van der Waals surface area contributed by atoms with Gasteiger partial charge in [-0.3, -0.25) is 9.78 Å². The number of carbonyl (C=O) groups is 1. The summed E-state index contributed by atoms with van der Waals surface area (Å²) in [5.41, 5.74) is 1.61. The van der Waals surface area contributed by atoms with E-state index in [9.17, 15) is 4.79 Å². The van der Waals surface area contributed by atoms with Gasteiger partial charge < -0.3 is 10.2 Å². The van der Waals surface area contributed by atoms with Crippen LogP contribution in [0.3, 0.4) is 0 Å². The number of amides is 1. The van der Waals surface area contributed by atoms with Gasteiger partial charge in [0.1, 0.15) is 0 Å². The van der Waals surface area contributed by atoms with E-state index in [0.717, 1.165) is 43.7 Å². The standard InChI is InChI=1S/C16H25N3O/c1-4-16(10-7-11-17-16)15(20)19(5-2)12-14-9-6-8-13(3)18-14/h6,8-9,17H,4-5,7,10-12H2,1-3H3. The van der Waals surface area contributed by atoms with Crippen molar-refractivity contribution in [2.75, 3.05) is 13.1 Å². The Morgan fingerprint density at radius 1 is 1.45 bits per heavy atom. The van der Waals surface area contributed by atoms with Gasteiger partial charge in [0.2, 0.25) is 5.91 Å². The summed E-state index contributed by atoms with van der Waals surface area (Å²) in [7, 11) is 0. The lowest BCUT2D eigenvalue weighted by Gasteiger charge is -2.33. The molecule has 1 aliphatic heterocycles. The topological polar surface area (TPSA) is 45.2 Å². The Labute approximate surface area is 121 Å². The van der Waals surface area contributed by atoms with Crippen LogP contribution in [0, 0.1) is 6.92 Å². The fourth-order valence-corrected chi connectivity index (χ4v) is 2.95. The molecule has 4 nitrogen and oxygen atoms in total. The predicted octanol–water partition coefficient (Wildman–Crippen LogP) is 2.27. The molecule has 0 saturated carbocycles. The highest BCUT2D eigenvalue weighted by Crippen LogP contribution is 2.26. The molecular formula is C16H25N3O. The lowest BCUT2D eigenvalue weighted by atomic mass is 9.92. The number of pyridine rings is 1. The van der Waals surface area contributed by atoms with Crippen molar-refractivity contribution in [3.63, 3.8) is 0 Å². The fraction of sp³-hybridized carbons (Fsp3) is 0.625. The number of rotatable bonds is 5. The third-order valence-corrected chi connectivity index (χ3v) is 4.22. The molecule has 0 aliphatic carbocycles. The summed E-state index contributed by atoms with van der Waals surface area (Å²) in [6, 6.07) is 5.97. The first-order chi connectivity index (χ1) is 9.61. The maximum Gasteiger partial charge on any atom is 0.243 e. The molecule has 1 atom stereocenters. The molecule has 0 radical (unpaired) electrons. The zero-order chi connectivity index (χ0) is 14.6. The van der Waals surface area contributed by atoms with Crippen LogP contribution in [0.15, 0.2) is 18.2 Å². The van der Waals surface area contributed by atoms with E-state index >= 15 is 0 Å².